The van der Waals surface area contributed by atoms with Gasteiger partial charge in [-0.15, -0.1) is 0 Å². The average molecular weight is 215 g/mol. The third-order valence-corrected chi connectivity index (χ3v) is 2.08. The summed E-state index contributed by atoms with van der Waals surface area (Å²) in [6.07, 6.45) is 0.131. The molecule has 0 amide bonds. The highest BCUT2D eigenvalue weighted by Crippen LogP contribution is 2.22. The SMILES string of the molecule is FC(F)Oc1cccc(OC2CNC2)c1. The largest absolute Gasteiger partial charge is 0.488 e. The Morgan fingerprint density at radius 2 is 2.00 bits per heavy atom. The van der Waals surface area contributed by atoms with Crippen LogP contribution in [0.2, 0.25) is 0 Å². The van der Waals surface area contributed by atoms with E-state index in [0.29, 0.717) is 5.75 Å². The molecule has 5 heteroatoms. The van der Waals surface area contributed by atoms with Gasteiger partial charge >= 0.3 is 6.61 Å². The van der Waals surface area contributed by atoms with Gasteiger partial charge in [0.15, 0.2) is 0 Å². The quantitative estimate of drug-likeness (QED) is 0.828. The summed E-state index contributed by atoms with van der Waals surface area (Å²) in [7, 11) is 0. The Labute approximate surface area is 86.0 Å². The molecular weight excluding hydrogens is 204 g/mol. The van der Waals surface area contributed by atoms with Crippen molar-refractivity contribution in [3.05, 3.63) is 24.3 Å². The molecule has 2 rings (SSSR count). The van der Waals surface area contributed by atoms with Gasteiger partial charge in [-0.05, 0) is 12.1 Å². The number of halogens is 2. The molecule has 0 saturated carbocycles. The van der Waals surface area contributed by atoms with Gasteiger partial charge in [-0.2, -0.15) is 8.78 Å². The lowest BCUT2D eigenvalue weighted by Crippen LogP contribution is -2.50. The normalized spacial score (nSPS) is 16.2. The Morgan fingerprint density at radius 1 is 1.27 bits per heavy atom. The van der Waals surface area contributed by atoms with Crippen LogP contribution in [0.3, 0.4) is 0 Å². The van der Waals surface area contributed by atoms with Gasteiger partial charge in [0.2, 0.25) is 0 Å². The van der Waals surface area contributed by atoms with Crippen LogP contribution in [-0.2, 0) is 0 Å². The first-order valence-electron chi connectivity index (χ1n) is 4.66. The maximum atomic E-state index is 11.9. The highest BCUT2D eigenvalue weighted by Gasteiger charge is 2.18. The molecule has 0 radical (unpaired) electrons. The standard InChI is InChI=1S/C10H11F2NO2/c11-10(12)15-8-3-1-2-7(4-8)14-9-5-13-6-9/h1-4,9-10,13H,5-6H2. The van der Waals surface area contributed by atoms with E-state index in [1.54, 1.807) is 12.1 Å². The summed E-state index contributed by atoms with van der Waals surface area (Å²) >= 11 is 0. The maximum absolute atomic E-state index is 11.9. The summed E-state index contributed by atoms with van der Waals surface area (Å²) < 4.78 is 33.6. The highest BCUT2D eigenvalue weighted by molar-refractivity contribution is 5.33. The predicted octanol–water partition coefficient (Wildman–Crippen LogP) is 1.64. The molecule has 0 unspecified atom stereocenters. The van der Waals surface area contributed by atoms with Crippen molar-refractivity contribution >= 4 is 0 Å². The van der Waals surface area contributed by atoms with Gasteiger partial charge in [0, 0.05) is 19.2 Å². The molecule has 1 N–H and O–H groups in total. The summed E-state index contributed by atoms with van der Waals surface area (Å²) in [6, 6.07) is 6.28. The number of rotatable bonds is 4. The van der Waals surface area contributed by atoms with Crippen molar-refractivity contribution in [3.8, 4) is 11.5 Å². The van der Waals surface area contributed by atoms with Crippen molar-refractivity contribution in [2.75, 3.05) is 13.1 Å². The van der Waals surface area contributed by atoms with Crippen molar-refractivity contribution in [2.24, 2.45) is 0 Å². The summed E-state index contributed by atoms with van der Waals surface area (Å²) in [6.45, 7) is -1.22. The Balaban J connectivity index is 1.98. The molecule has 1 saturated heterocycles. The van der Waals surface area contributed by atoms with E-state index in [-0.39, 0.29) is 11.9 Å². The van der Waals surface area contributed by atoms with Crippen LogP contribution in [0.5, 0.6) is 11.5 Å². The Hall–Kier alpha value is -1.36. The van der Waals surface area contributed by atoms with E-state index in [2.05, 4.69) is 10.1 Å². The minimum absolute atomic E-state index is 0.120. The average Bonchev–Trinajstić information content (AvgIpc) is 2.11. The van der Waals surface area contributed by atoms with Crippen molar-refractivity contribution in [1.29, 1.82) is 0 Å². The van der Waals surface area contributed by atoms with Crippen molar-refractivity contribution in [3.63, 3.8) is 0 Å². The van der Waals surface area contributed by atoms with Crippen LogP contribution in [0.15, 0.2) is 24.3 Å². The first kappa shape index (κ1) is 10.2. The van der Waals surface area contributed by atoms with Crippen LogP contribution in [-0.4, -0.2) is 25.8 Å². The number of nitrogens with one attached hydrogen (secondary N) is 1. The molecule has 1 aromatic carbocycles. The fourth-order valence-electron chi connectivity index (χ4n) is 1.26. The molecule has 0 spiro atoms. The Morgan fingerprint density at radius 3 is 2.60 bits per heavy atom. The van der Waals surface area contributed by atoms with E-state index in [9.17, 15) is 8.78 Å². The smallest absolute Gasteiger partial charge is 0.387 e. The van der Waals surface area contributed by atoms with Gasteiger partial charge < -0.3 is 14.8 Å². The summed E-state index contributed by atoms with van der Waals surface area (Å²) in [5, 5.41) is 3.05. The summed E-state index contributed by atoms with van der Waals surface area (Å²) in [4.78, 5) is 0. The molecule has 1 heterocycles. The molecule has 1 aliphatic rings. The third kappa shape index (κ3) is 2.79. The van der Waals surface area contributed by atoms with Crippen LogP contribution >= 0.6 is 0 Å². The van der Waals surface area contributed by atoms with Crippen LogP contribution in [0.1, 0.15) is 0 Å². The highest BCUT2D eigenvalue weighted by atomic mass is 19.3. The van der Waals surface area contributed by atoms with Gasteiger partial charge in [0.1, 0.15) is 17.6 Å². The molecule has 0 bridgehead atoms. The first-order chi connectivity index (χ1) is 7.24. The number of ether oxygens (including phenoxy) is 2. The van der Waals surface area contributed by atoms with Gasteiger partial charge in [0.05, 0.1) is 0 Å². The number of hydrogen-bond donors (Lipinski definition) is 1. The molecule has 1 aromatic rings. The van der Waals surface area contributed by atoms with Crippen LogP contribution in [0.4, 0.5) is 8.78 Å². The number of benzene rings is 1. The number of alkyl halides is 2. The molecule has 0 atom stereocenters. The third-order valence-electron chi connectivity index (χ3n) is 2.08. The molecule has 82 valence electrons. The van der Waals surface area contributed by atoms with E-state index in [4.69, 9.17) is 4.74 Å². The molecule has 1 aliphatic heterocycles. The van der Waals surface area contributed by atoms with E-state index in [0.717, 1.165) is 13.1 Å². The number of hydrogen-bond acceptors (Lipinski definition) is 3. The van der Waals surface area contributed by atoms with E-state index in [1.165, 1.54) is 12.1 Å². The molecule has 1 fully saturated rings. The topological polar surface area (TPSA) is 30.5 Å². The van der Waals surface area contributed by atoms with Gasteiger partial charge in [0.25, 0.3) is 0 Å². The minimum atomic E-state index is -2.80. The second kappa shape index (κ2) is 4.44. The Kier molecular flexibility index (Phi) is 3.01. The van der Waals surface area contributed by atoms with Crippen LogP contribution in [0.25, 0.3) is 0 Å². The summed E-state index contributed by atoms with van der Waals surface area (Å²) in [5.74, 6) is 0.675. The maximum Gasteiger partial charge on any atom is 0.387 e. The monoisotopic (exact) mass is 215 g/mol. The van der Waals surface area contributed by atoms with Crippen LogP contribution in [0, 0.1) is 0 Å². The van der Waals surface area contributed by atoms with E-state index < -0.39 is 6.61 Å². The second-order valence-electron chi connectivity index (χ2n) is 3.25. The zero-order valence-corrected chi connectivity index (χ0v) is 7.95. The lowest BCUT2D eigenvalue weighted by Gasteiger charge is -2.27. The first-order valence-corrected chi connectivity index (χ1v) is 4.66. The van der Waals surface area contributed by atoms with Crippen molar-refractivity contribution < 1.29 is 18.3 Å². The molecule has 3 nitrogen and oxygen atoms in total. The summed E-state index contributed by atoms with van der Waals surface area (Å²) in [5.41, 5.74) is 0. The van der Waals surface area contributed by atoms with Gasteiger partial charge in [-0.1, -0.05) is 6.07 Å². The molecule has 15 heavy (non-hydrogen) atoms. The fraction of sp³-hybridized carbons (Fsp3) is 0.400. The second-order valence-corrected chi connectivity index (χ2v) is 3.25. The van der Waals surface area contributed by atoms with Crippen molar-refractivity contribution in [1.82, 2.24) is 5.32 Å². The fourth-order valence-corrected chi connectivity index (χ4v) is 1.26. The van der Waals surface area contributed by atoms with Gasteiger partial charge in [-0.25, -0.2) is 0 Å². The van der Waals surface area contributed by atoms with Crippen LogP contribution < -0.4 is 14.8 Å². The zero-order valence-electron chi connectivity index (χ0n) is 7.95. The van der Waals surface area contributed by atoms with Crippen molar-refractivity contribution in [2.45, 2.75) is 12.7 Å². The minimum Gasteiger partial charge on any atom is -0.488 e. The zero-order chi connectivity index (χ0) is 10.7. The van der Waals surface area contributed by atoms with E-state index in [1.807, 2.05) is 0 Å². The predicted molar refractivity (Wildman–Crippen MR) is 50.4 cm³/mol. The molecule has 0 aliphatic carbocycles. The lowest BCUT2D eigenvalue weighted by molar-refractivity contribution is -0.0500. The molecular formula is C10H11F2NO2. The van der Waals surface area contributed by atoms with E-state index >= 15 is 0 Å². The van der Waals surface area contributed by atoms with Gasteiger partial charge in [-0.3, -0.25) is 0 Å². The molecule has 0 aromatic heterocycles. The Bertz CT molecular complexity index is 329. The lowest BCUT2D eigenvalue weighted by atomic mass is 10.2.